The Bertz CT molecular complexity index is 2440. The number of benzene rings is 3. The summed E-state index contributed by atoms with van der Waals surface area (Å²) >= 11 is 0. The van der Waals surface area contributed by atoms with Crippen LogP contribution < -0.4 is 11.1 Å². The SMILES string of the molecule is COC(=O)N[C@@H](Cc1c[nH]c2ccccc12)C(=O)N1CCCC1c1ncc(-c2ccc(-c3ccc(-c4cnc([C@@H]5CCCN5C(=O)[C@H](C)OC(N)=O)[nH]4)cc3)cc2)[nH]1. The molecule has 4 atom stereocenters. The summed E-state index contributed by atoms with van der Waals surface area (Å²) in [6.45, 7) is 2.62. The lowest BCUT2D eigenvalue weighted by molar-refractivity contribution is -0.140. The fourth-order valence-corrected chi connectivity index (χ4v) is 8.20. The number of nitrogens with zero attached hydrogens (tertiary/aromatic N) is 4. The number of fused-ring (bicyclic) bond motifs is 1. The molecule has 1 unspecified atom stereocenters. The quantitative estimate of drug-likeness (QED) is 0.0993. The maximum absolute atomic E-state index is 14.1. The van der Waals surface area contributed by atoms with Gasteiger partial charge in [-0.25, -0.2) is 19.6 Å². The molecule has 5 heterocycles. The minimum Gasteiger partial charge on any atom is -0.453 e. The predicted molar refractivity (Wildman–Crippen MR) is 216 cm³/mol. The summed E-state index contributed by atoms with van der Waals surface area (Å²) in [5.74, 6) is 0.899. The average molecular weight is 784 g/mol. The molecule has 8 rings (SSSR count). The van der Waals surface area contributed by atoms with E-state index >= 15 is 0 Å². The number of primary amides is 1. The van der Waals surface area contributed by atoms with Gasteiger partial charge in [-0.05, 0) is 66.5 Å². The Labute approximate surface area is 334 Å². The number of aromatic amines is 3. The summed E-state index contributed by atoms with van der Waals surface area (Å²) in [6.07, 6.45) is 6.28. The summed E-state index contributed by atoms with van der Waals surface area (Å²) in [6, 6.07) is 22.9. The third-order valence-corrected chi connectivity index (χ3v) is 11.1. The van der Waals surface area contributed by atoms with Crippen LogP contribution in [-0.2, 0) is 25.5 Å². The van der Waals surface area contributed by atoms with Crippen LogP contribution in [0.5, 0.6) is 0 Å². The number of nitrogens with one attached hydrogen (secondary N) is 4. The van der Waals surface area contributed by atoms with Crippen molar-refractivity contribution in [3.8, 4) is 33.6 Å². The van der Waals surface area contributed by atoms with Gasteiger partial charge in [0.05, 0.1) is 43.0 Å². The van der Waals surface area contributed by atoms with E-state index in [9.17, 15) is 19.2 Å². The molecule has 0 saturated carbocycles. The van der Waals surface area contributed by atoms with Gasteiger partial charge in [0, 0.05) is 36.6 Å². The van der Waals surface area contributed by atoms with Crippen molar-refractivity contribution in [1.82, 2.24) is 40.0 Å². The van der Waals surface area contributed by atoms with Crippen LogP contribution in [-0.4, -0.2) is 91.1 Å². The van der Waals surface area contributed by atoms with Crippen molar-refractivity contribution in [3.63, 3.8) is 0 Å². The average Bonchev–Trinajstić information content (AvgIpc) is 4.10. The number of amides is 4. The number of aromatic nitrogens is 5. The molecule has 2 saturated heterocycles. The van der Waals surface area contributed by atoms with Crippen LogP contribution in [0.15, 0.2) is 91.4 Å². The number of hydrogen-bond acceptors (Lipinski definition) is 8. The molecule has 3 aromatic carbocycles. The number of likely N-dealkylation sites (tertiary alicyclic amines) is 2. The Morgan fingerprint density at radius 2 is 1.33 bits per heavy atom. The second-order valence-corrected chi connectivity index (χ2v) is 14.7. The summed E-state index contributed by atoms with van der Waals surface area (Å²) in [7, 11) is 1.29. The molecule has 298 valence electrons. The van der Waals surface area contributed by atoms with Crippen LogP contribution >= 0.6 is 0 Å². The third kappa shape index (κ3) is 7.75. The molecule has 4 amide bonds. The van der Waals surface area contributed by atoms with Gasteiger partial charge >= 0.3 is 12.2 Å². The molecule has 15 heteroatoms. The molecule has 0 aliphatic carbocycles. The minimum absolute atomic E-state index is 0.185. The van der Waals surface area contributed by atoms with Crippen LogP contribution in [0.25, 0.3) is 44.5 Å². The van der Waals surface area contributed by atoms with Crippen molar-refractivity contribution < 1.29 is 28.7 Å². The Balaban J connectivity index is 0.926. The van der Waals surface area contributed by atoms with Crippen LogP contribution in [0.2, 0.25) is 0 Å². The molecule has 0 spiro atoms. The number of para-hydroxylation sites is 1. The maximum atomic E-state index is 14.1. The molecule has 6 N–H and O–H groups in total. The van der Waals surface area contributed by atoms with E-state index in [0.29, 0.717) is 31.2 Å². The fraction of sp³-hybridized carbons (Fsp3) is 0.302. The lowest BCUT2D eigenvalue weighted by Crippen LogP contribution is -2.49. The first-order chi connectivity index (χ1) is 28.2. The molecular formula is C43H45N9O6. The van der Waals surface area contributed by atoms with E-state index in [1.54, 1.807) is 17.3 Å². The predicted octanol–water partition coefficient (Wildman–Crippen LogP) is 6.39. The molecule has 58 heavy (non-hydrogen) atoms. The lowest BCUT2D eigenvalue weighted by Gasteiger charge is -2.28. The van der Waals surface area contributed by atoms with Gasteiger partial charge in [0.15, 0.2) is 6.10 Å². The number of ether oxygens (including phenoxy) is 2. The van der Waals surface area contributed by atoms with Crippen molar-refractivity contribution in [1.29, 1.82) is 0 Å². The topological polar surface area (TPSA) is 204 Å². The first-order valence-corrected chi connectivity index (χ1v) is 19.4. The highest BCUT2D eigenvalue weighted by Crippen LogP contribution is 2.35. The number of methoxy groups -OCH3 is 1. The Hall–Kier alpha value is -6.90. The number of carbonyl (C=O) groups excluding carboxylic acids is 4. The highest BCUT2D eigenvalue weighted by molar-refractivity contribution is 5.89. The summed E-state index contributed by atoms with van der Waals surface area (Å²) in [4.78, 5) is 73.5. The van der Waals surface area contributed by atoms with Crippen molar-refractivity contribution in [2.45, 2.75) is 63.3 Å². The fourth-order valence-electron chi connectivity index (χ4n) is 8.20. The van der Waals surface area contributed by atoms with Crippen LogP contribution in [0.1, 0.15) is 61.9 Å². The van der Waals surface area contributed by atoms with E-state index in [-0.39, 0.29) is 23.9 Å². The van der Waals surface area contributed by atoms with Gasteiger partial charge in [-0.15, -0.1) is 0 Å². The van der Waals surface area contributed by atoms with Crippen LogP contribution in [0.4, 0.5) is 9.59 Å². The molecule has 15 nitrogen and oxygen atoms in total. The summed E-state index contributed by atoms with van der Waals surface area (Å²) in [5.41, 5.74) is 12.7. The van der Waals surface area contributed by atoms with Crippen molar-refractivity contribution in [2.24, 2.45) is 5.73 Å². The van der Waals surface area contributed by atoms with E-state index in [1.807, 2.05) is 59.6 Å². The van der Waals surface area contributed by atoms with E-state index < -0.39 is 24.3 Å². The van der Waals surface area contributed by atoms with Gasteiger partial charge in [-0.3, -0.25) is 9.59 Å². The maximum Gasteiger partial charge on any atom is 0.407 e. The number of carbonyl (C=O) groups is 4. The van der Waals surface area contributed by atoms with E-state index in [1.165, 1.54) is 14.0 Å². The largest absolute Gasteiger partial charge is 0.453 e. The number of nitrogens with two attached hydrogens (primary N) is 1. The number of hydrogen-bond donors (Lipinski definition) is 5. The zero-order chi connectivity index (χ0) is 40.3. The minimum atomic E-state index is -0.980. The highest BCUT2D eigenvalue weighted by Gasteiger charge is 2.37. The highest BCUT2D eigenvalue weighted by atomic mass is 16.6. The number of rotatable bonds is 11. The monoisotopic (exact) mass is 783 g/mol. The van der Waals surface area contributed by atoms with Gasteiger partial charge in [0.25, 0.3) is 5.91 Å². The van der Waals surface area contributed by atoms with E-state index in [4.69, 9.17) is 20.2 Å². The second-order valence-electron chi connectivity index (χ2n) is 14.7. The zero-order valence-corrected chi connectivity index (χ0v) is 32.2. The molecule has 2 fully saturated rings. The van der Waals surface area contributed by atoms with Gasteiger partial charge in [0.2, 0.25) is 5.91 Å². The molecular weight excluding hydrogens is 739 g/mol. The Morgan fingerprint density at radius 1 is 0.793 bits per heavy atom. The van der Waals surface area contributed by atoms with Crippen molar-refractivity contribution in [2.75, 3.05) is 20.2 Å². The number of alkyl carbamates (subject to hydrolysis) is 1. The van der Waals surface area contributed by atoms with Crippen molar-refractivity contribution >= 4 is 34.9 Å². The van der Waals surface area contributed by atoms with Crippen LogP contribution in [0.3, 0.4) is 0 Å². The van der Waals surface area contributed by atoms with Gasteiger partial charge in [0.1, 0.15) is 17.7 Å². The molecule has 6 aromatic rings. The van der Waals surface area contributed by atoms with Gasteiger partial charge in [-0.2, -0.15) is 0 Å². The molecule has 0 bridgehead atoms. The Kier molecular flexibility index (Phi) is 10.7. The van der Waals surface area contributed by atoms with E-state index in [0.717, 1.165) is 75.8 Å². The lowest BCUT2D eigenvalue weighted by atomic mass is 10.0. The molecule has 3 aromatic heterocycles. The van der Waals surface area contributed by atoms with Crippen LogP contribution in [0, 0.1) is 0 Å². The van der Waals surface area contributed by atoms with Crippen molar-refractivity contribution in [3.05, 3.63) is 109 Å². The number of H-pyrrole nitrogens is 3. The molecule has 0 radical (unpaired) electrons. The second kappa shape index (κ2) is 16.3. The zero-order valence-electron chi connectivity index (χ0n) is 32.2. The Morgan fingerprint density at radius 3 is 1.88 bits per heavy atom. The van der Waals surface area contributed by atoms with Gasteiger partial charge < -0.3 is 45.3 Å². The molecule has 2 aliphatic rings. The normalized spacial score (nSPS) is 17.6. The third-order valence-electron chi connectivity index (χ3n) is 11.1. The first kappa shape index (κ1) is 38.0. The summed E-state index contributed by atoms with van der Waals surface area (Å²) < 4.78 is 9.81. The van der Waals surface area contributed by atoms with E-state index in [2.05, 4.69) is 49.5 Å². The van der Waals surface area contributed by atoms with Gasteiger partial charge in [-0.1, -0.05) is 66.7 Å². The molecule has 2 aliphatic heterocycles. The number of imidazole rings is 2. The standard InChI is InChI=1S/C43H45N9O6/c1-25(58-42(44)55)40(53)51-19-5-9-36(51)38-46-23-34(48-38)28-15-11-26(12-16-28)27-13-17-29(18-14-27)35-24-47-39(49-35)37-10-6-20-52(37)41(54)33(50-43(56)57-2)21-30-22-45-32-8-4-3-7-31(30)32/h3-4,7-8,11-18,22-25,33,36-37,45H,5-6,9-10,19-21H2,1-2H3,(H2,44,55)(H,46,48)(H,47,49)(H,50,56)/t25-,33-,36-,37?/m0/s1. The first-order valence-electron chi connectivity index (χ1n) is 19.4. The smallest absolute Gasteiger partial charge is 0.407 e. The summed E-state index contributed by atoms with van der Waals surface area (Å²) in [5, 5.41) is 3.78.